The molecule has 13 heavy (non-hydrogen) atoms. The molecule has 68 valence electrons. The molecule has 0 aromatic carbocycles. The lowest BCUT2D eigenvalue weighted by Crippen LogP contribution is -2.03. The number of rotatable bonds is 3. The molecule has 0 aliphatic carbocycles. The molecule has 0 unspecified atom stereocenters. The van der Waals surface area contributed by atoms with Gasteiger partial charge >= 0.3 is 0 Å². The van der Waals surface area contributed by atoms with Crippen molar-refractivity contribution in [2.24, 2.45) is 7.05 Å². The minimum absolute atomic E-state index is 0.787. The summed E-state index contributed by atoms with van der Waals surface area (Å²) in [5.41, 5.74) is 1.83. The van der Waals surface area contributed by atoms with Gasteiger partial charge in [0.05, 0.1) is 12.1 Å². The Morgan fingerprint density at radius 2 is 2.54 bits per heavy atom. The van der Waals surface area contributed by atoms with E-state index in [-0.39, 0.29) is 0 Å². The monoisotopic (exact) mass is 194 g/mol. The van der Waals surface area contributed by atoms with E-state index in [1.807, 2.05) is 29.5 Å². The number of aryl methyl sites for hydroxylation is 1. The van der Waals surface area contributed by atoms with Crippen LogP contribution >= 0.6 is 11.3 Å². The van der Waals surface area contributed by atoms with Crippen LogP contribution in [0.15, 0.2) is 24.1 Å². The molecule has 0 saturated heterocycles. The molecule has 5 heteroatoms. The van der Waals surface area contributed by atoms with Crippen LogP contribution < -0.4 is 5.32 Å². The average molecular weight is 194 g/mol. The van der Waals surface area contributed by atoms with Crippen LogP contribution in [0.4, 0.5) is 5.95 Å². The quantitative estimate of drug-likeness (QED) is 0.805. The number of hydrogen-bond donors (Lipinski definition) is 1. The molecule has 0 atom stereocenters. The summed E-state index contributed by atoms with van der Waals surface area (Å²) in [7, 11) is 1.96. The van der Waals surface area contributed by atoms with Gasteiger partial charge in [-0.3, -0.25) is 4.98 Å². The predicted octanol–water partition coefficient (Wildman–Crippen LogP) is 1.49. The Morgan fingerprint density at radius 1 is 1.62 bits per heavy atom. The van der Waals surface area contributed by atoms with Crippen molar-refractivity contribution in [1.82, 2.24) is 14.5 Å². The number of thiazole rings is 1. The Hall–Kier alpha value is -1.36. The molecule has 1 N–H and O–H groups in total. The summed E-state index contributed by atoms with van der Waals surface area (Å²) in [6, 6.07) is 0. The Kier molecular flexibility index (Phi) is 2.27. The highest BCUT2D eigenvalue weighted by Crippen LogP contribution is 2.08. The van der Waals surface area contributed by atoms with E-state index in [4.69, 9.17) is 0 Å². The number of imidazole rings is 1. The van der Waals surface area contributed by atoms with E-state index >= 15 is 0 Å². The van der Waals surface area contributed by atoms with Gasteiger partial charge in [-0.1, -0.05) is 0 Å². The van der Waals surface area contributed by atoms with Crippen LogP contribution in [0, 0.1) is 0 Å². The molecule has 2 aromatic heterocycles. The number of hydrogen-bond acceptors (Lipinski definition) is 4. The highest BCUT2D eigenvalue weighted by molar-refractivity contribution is 7.09. The minimum atomic E-state index is 0.787. The smallest absolute Gasteiger partial charge is 0.202 e. The van der Waals surface area contributed by atoms with Crippen molar-refractivity contribution in [3.63, 3.8) is 0 Å². The normalized spacial score (nSPS) is 10.2. The molecular weight excluding hydrogens is 184 g/mol. The third-order valence-corrected chi connectivity index (χ3v) is 2.51. The summed E-state index contributed by atoms with van der Waals surface area (Å²) in [6.45, 7) is 0.787. The first kappa shape index (κ1) is 8.25. The first-order valence-corrected chi connectivity index (χ1v) is 4.83. The molecule has 0 spiro atoms. The highest BCUT2D eigenvalue weighted by Gasteiger charge is 1.98. The van der Waals surface area contributed by atoms with Gasteiger partial charge in [0.2, 0.25) is 5.95 Å². The highest BCUT2D eigenvalue weighted by atomic mass is 32.1. The zero-order valence-electron chi connectivity index (χ0n) is 7.27. The maximum absolute atomic E-state index is 4.15. The van der Waals surface area contributed by atoms with Crippen molar-refractivity contribution in [2.45, 2.75) is 6.54 Å². The predicted molar refractivity (Wildman–Crippen MR) is 52.6 cm³/mol. The SMILES string of the molecule is Cn1ccnc1NCc1cncs1. The van der Waals surface area contributed by atoms with Crippen LogP contribution in [-0.2, 0) is 13.6 Å². The molecule has 0 bridgehead atoms. The van der Waals surface area contributed by atoms with Gasteiger partial charge in [-0.2, -0.15) is 0 Å². The van der Waals surface area contributed by atoms with E-state index in [9.17, 15) is 0 Å². The maximum Gasteiger partial charge on any atom is 0.202 e. The topological polar surface area (TPSA) is 42.7 Å². The molecule has 0 aliphatic heterocycles. The van der Waals surface area contributed by atoms with Gasteiger partial charge in [-0.05, 0) is 0 Å². The van der Waals surface area contributed by atoms with Crippen LogP contribution in [0.5, 0.6) is 0 Å². The summed E-state index contributed by atoms with van der Waals surface area (Å²) in [5.74, 6) is 0.883. The van der Waals surface area contributed by atoms with Crippen LogP contribution in [0.25, 0.3) is 0 Å². The summed E-state index contributed by atoms with van der Waals surface area (Å²) >= 11 is 1.64. The van der Waals surface area contributed by atoms with Crippen LogP contribution in [0.1, 0.15) is 4.88 Å². The fraction of sp³-hybridized carbons (Fsp3) is 0.250. The standard InChI is InChI=1S/C8H10N4S/c1-12-3-2-10-8(12)11-5-7-4-9-6-13-7/h2-4,6H,5H2,1H3,(H,10,11). The molecular formula is C8H10N4S. The van der Waals surface area contributed by atoms with Crippen molar-refractivity contribution in [3.05, 3.63) is 29.0 Å². The molecule has 2 rings (SSSR count). The number of anilines is 1. The first-order valence-electron chi connectivity index (χ1n) is 3.95. The van der Waals surface area contributed by atoms with E-state index in [1.165, 1.54) is 4.88 Å². The third kappa shape index (κ3) is 1.86. The lowest BCUT2D eigenvalue weighted by molar-refractivity contribution is 0.902. The van der Waals surface area contributed by atoms with Gasteiger partial charge in [-0.15, -0.1) is 11.3 Å². The number of nitrogens with zero attached hydrogens (tertiary/aromatic N) is 3. The van der Waals surface area contributed by atoms with Crippen molar-refractivity contribution >= 4 is 17.3 Å². The van der Waals surface area contributed by atoms with E-state index in [1.54, 1.807) is 17.5 Å². The van der Waals surface area contributed by atoms with E-state index in [0.29, 0.717) is 0 Å². The Bertz CT molecular complexity index is 365. The van der Waals surface area contributed by atoms with Crippen molar-refractivity contribution in [2.75, 3.05) is 5.32 Å². The summed E-state index contributed by atoms with van der Waals surface area (Å²) in [6.07, 6.45) is 5.55. The van der Waals surface area contributed by atoms with Crippen LogP contribution in [0.2, 0.25) is 0 Å². The average Bonchev–Trinajstić information content (AvgIpc) is 2.72. The minimum Gasteiger partial charge on any atom is -0.351 e. The van der Waals surface area contributed by atoms with Crippen LogP contribution in [-0.4, -0.2) is 14.5 Å². The molecule has 0 saturated carbocycles. The van der Waals surface area contributed by atoms with Crippen molar-refractivity contribution in [1.29, 1.82) is 0 Å². The van der Waals surface area contributed by atoms with Gasteiger partial charge in [-0.25, -0.2) is 4.98 Å². The molecule has 2 heterocycles. The van der Waals surface area contributed by atoms with E-state index in [0.717, 1.165) is 12.5 Å². The first-order chi connectivity index (χ1) is 6.36. The molecule has 2 aromatic rings. The number of aromatic nitrogens is 3. The van der Waals surface area contributed by atoms with Crippen molar-refractivity contribution in [3.8, 4) is 0 Å². The van der Waals surface area contributed by atoms with Gasteiger partial charge in [0.15, 0.2) is 0 Å². The fourth-order valence-corrected chi connectivity index (χ4v) is 1.57. The zero-order valence-corrected chi connectivity index (χ0v) is 8.08. The number of nitrogens with one attached hydrogen (secondary N) is 1. The largest absolute Gasteiger partial charge is 0.351 e. The third-order valence-electron chi connectivity index (χ3n) is 1.73. The Balaban J connectivity index is 1.97. The fourth-order valence-electron chi connectivity index (χ4n) is 1.03. The van der Waals surface area contributed by atoms with E-state index in [2.05, 4.69) is 15.3 Å². The Labute approximate surface area is 80.3 Å². The van der Waals surface area contributed by atoms with Crippen molar-refractivity contribution < 1.29 is 0 Å². The molecule has 0 radical (unpaired) electrons. The maximum atomic E-state index is 4.15. The van der Waals surface area contributed by atoms with Gasteiger partial charge in [0.1, 0.15) is 0 Å². The summed E-state index contributed by atoms with van der Waals surface area (Å²) in [5, 5.41) is 3.22. The lowest BCUT2D eigenvalue weighted by atomic mass is 10.5. The van der Waals surface area contributed by atoms with Gasteiger partial charge < -0.3 is 9.88 Å². The second-order valence-corrected chi connectivity index (χ2v) is 3.65. The Morgan fingerprint density at radius 3 is 3.15 bits per heavy atom. The second kappa shape index (κ2) is 3.57. The summed E-state index contributed by atoms with van der Waals surface area (Å²) in [4.78, 5) is 9.36. The molecule has 0 amide bonds. The van der Waals surface area contributed by atoms with E-state index < -0.39 is 0 Å². The van der Waals surface area contributed by atoms with Gasteiger partial charge in [0, 0.05) is 30.5 Å². The zero-order chi connectivity index (χ0) is 9.10. The van der Waals surface area contributed by atoms with Crippen LogP contribution in [0.3, 0.4) is 0 Å². The molecule has 0 aliphatic rings. The molecule has 0 fully saturated rings. The summed E-state index contributed by atoms with van der Waals surface area (Å²) < 4.78 is 1.95. The lowest BCUT2D eigenvalue weighted by Gasteiger charge is -2.02. The molecule has 4 nitrogen and oxygen atoms in total. The second-order valence-electron chi connectivity index (χ2n) is 2.68. The van der Waals surface area contributed by atoms with Gasteiger partial charge in [0.25, 0.3) is 0 Å².